The molecular weight excluding hydrogens is 324 g/mol. The first-order valence-electron chi connectivity index (χ1n) is 10.3. The van der Waals surface area contributed by atoms with Gasteiger partial charge >= 0.3 is 0 Å². The average Bonchev–Trinajstić information content (AvgIpc) is 3.53. The van der Waals surface area contributed by atoms with Crippen molar-refractivity contribution in [1.29, 1.82) is 0 Å². The second-order valence-corrected chi connectivity index (χ2v) is 8.44. The van der Waals surface area contributed by atoms with Crippen molar-refractivity contribution in [2.24, 2.45) is 5.92 Å². The number of benzene rings is 1. The number of likely N-dealkylation sites (tertiary alicyclic amines) is 1. The molecule has 3 fully saturated rings. The Morgan fingerprint density at radius 2 is 1.81 bits per heavy atom. The molecule has 1 N–H and O–H groups in total. The number of carbonyl (C=O) groups is 2. The fraction of sp³-hybridized carbons (Fsp3) is 0.636. The van der Waals surface area contributed by atoms with Crippen molar-refractivity contribution in [3.05, 3.63) is 35.9 Å². The molecule has 0 unspecified atom stereocenters. The number of piperidine rings is 1. The van der Waals surface area contributed by atoms with Crippen LogP contribution in [0.2, 0.25) is 0 Å². The lowest BCUT2D eigenvalue weighted by Gasteiger charge is -2.39. The van der Waals surface area contributed by atoms with Gasteiger partial charge in [0.05, 0.1) is 5.92 Å². The SMILES string of the molecule is O=C(NCC1(c2ccccc2)CCCCC1)[C@@H]1CCC(=O)N(C2CC2)C1. The van der Waals surface area contributed by atoms with E-state index in [1.807, 2.05) is 4.90 Å². The van der Waals surface area contributed by atoms with E-state index in [0.717, 1.165) is 32.2 Å². The summed E-state index contributed by atoms with van der Waals surface area (Å²) in [5.41, 5.74) is 1.44. The fourth-order valence-electron chi connectivity index (χ4n) is 4.81. The molecule has 1 aromatic rings. The van der Waals surface area contributed by atoms with Crippen molar-refractivity contribution in [2.45, 2.75) is 69.2 Å². The average molecular weight is 354 g/mol. The Morgan fingerprint density at radius 1 is 1.08 bits per heavy atom. The zero-order valence-electron chi connectivity index (χ0n) is 15.6. The molecule has 1 heterocycles. The molecule has 0 bridgehead atoms. The van der Waals surface area contributed by atoms with Crippen molar-refractivity contribution >= 4 is 11.8 Å². The van der Waals surface area contributed by atoms with E-state index in [4.69, 9.17) is 0 Å². The van der Waals surface area contributed by atoms with Crippen LogP contribution in [0.15, 0.2) is 30.3 Å². The summed E-state index contributed by atoms with van der Waals surface area (Å²) in [5.74, 6) is 0.346. The lowest BCUT2D eigenvalue weighted by molar-refractivity contribution is -0.138. The van der Waals surface area contributed by atoms with E-state index < -0.39 is 0 Å². The summed E-state index contributed by atoms with van der Waals surface area (Å²) in [7, 11) is 0. The quantitative estimate of drug-likeness (QED) is 0.881. The minimum absolute atomic E-state index is 0.0373. The minimum atomic E-state index is -0.0373. The minimum Gasteiger partial charge on any atom is -0.355 e. The lowest BCUT2D eigenvalue weighted by Crippen LogP contribution is -2.49. The molecule has 0 aromatic heterocycles. The molecule has 1 atom stereocenters. The topological polar surface area (TPSA) is 49.4 Å². The van der Waals surface area contributed by atoms with Crippen molar-refractivity contribution < 1.29 is 9.59 Å². The van der Waals surface area contributed by atoms with Gasteiger partial charge in [-0.15, -0.1) is 0 Å². The number of hydrogen-bond donors (Lipinski definition) is 1. The molecule has 26 heavy (non-hydrogen) atoms. The van der Waals surface area contributed by atoms with Crippen LogP contribution in [0.4, 0.5) is 0 Å². The lowest BCUT2D eigenvalue weighted by atomic mass is 9.69. The van der Waals surface area contributed by atoms with Gasteiger partial charge in [-0.1, -0.05) is 49.6 Å². The molecule has 3 aliphatic rings. The normalized spacial score (nSPS) is 25.8. The van der Waals surface area contributed by atoms with Gasteiger partial charge in [0.1, 0.15) is 0 Å². The molecular formula is C22H30N2O2. The Labute approximate surface area is 156 Å². The van der Waals surface area contributed by atoms with Gasteiger partial charge < -0.3 is 10.2 Å². The Bertz CT molecular complexity index is 647. The highest BCUT2D eigenvalue weighted by Gasteiger charge is 2.39. The van der Waals surface area contributed by atoms with Gasteiger partial charge in [-0.2, -0.15) is 0 Å². The molecule has 2 saturated carbocycles. The Kier molecular flexibility index (Phi) is 5.01. The van der Waals surface area contributed by atoms with Crippen LogP contribution in [0.25, 0.3) is 0 Å². The maximum Gasteiger partial charge on any atom is 0.224 e. The highest BCUT2D eigenvalue weighted by Crippen LogP contribution is 2.39. The van der Waals surface area contributed by atoms with Crippen LogP contribution in [0.5, 0.6) is 0 Å². The molecule has 4 heteroatoms. The summed E-state index contributed by atoms with van der Waals surface area (Å²) in [6.45, 7) is 1.34. The smallest absolute Gasteiger partial charge is 0.224 e. The van der Waals surface area contributed by atoms with E-state index in [9.17, 15) is 9.59 Å². The van der Waals surface area contributed by atoms with Gasteiger partial charge in [-0.25, -0.2) is 0 Å². The van der Waals surface area contributed by atoms with Crippen LogP contribution in [0.3, 0.4) is 0 Å². The molecule has 1 aromatic carbocycles. The Hall–Kier alpha value is -1.84. The van der Waals surface area contributed by atoms with Gasteiger partial charge in [0.2, 0.25) is 11.8 Å². The first-order valence-corrected chi connectivity index (χ1v) is 10.3. The van der Waals surface area contributed by atoms with Crippen LogP contribution in [-0.4, -0.2) is 35.8 Å². The summed E-state index contributed by atoms with van der Waals surface area (Å²) in [4.78, 5) is 26.9. The monoisotopic (exact) mass is 354 g/mol. The molecule has 4 nitrogen and oxygen atoms in total. The molecule has 1 saturated heterocycles. The maximum absolute atomic E-state index is 12.9. The fourth-order valence-corrected chi connectivity index (χ4v) is 4.81. The summed E-state index contributed by atoms with van der Waals surface area (Å²) in [6, 6.07) is 11.1. The van der Waals surface area contributed by atoms with Crippen molar-refractivity contribution in [3.8, 4) is 0 Å². The standard InChI is InChI=1S/C22H30N2O2/c25-20-12-9-17(15-24(20)19-10-11-19)21(26)23-16-22(13-5-2-6-14-22)18-7-3-1-4-8-18/h1,3-4,7-8,17,19H,2,5-6,9-16H2,(H,23,26)/t17-/m1/s1. The first kappa shape index (κ1) is 17.6. The largest absolute Gasteiger partial charge is 0.355 e. The predicted octanol–water partition coefficient (Wildman–Crippen LogP) is 3.41. The molecule has 0 spiro atoms. The van der Waals surface area contributed by atoms with E-state index >= 15 is 0 Å². The number of carbonyl (C=O) groups excluding carboxylic acids is 2. The van der Waals surface area contributed by atoms with E-state index in [0.29, 0.717) is 25.4 Å². The van der Waals surface area contributed by atoms with Crippen LogP contribution in [-0.2, 0) is 15.0 Å². The maximum atomic E-state index is 12.9. The molecule has 4 rings (SSSR count). The van der Waals surface area contributed by atoms with Gasteiger partial charge in [-0.3, -0.25) is 9.59 Å². The van der Waals surface area contributed by atoms with Gasteiger partial charge in [0, 0.05) is 31.0 Å². The molecule has 2 aliphatic carbocycles. The third kappa shape index (κ3) is 3.65. The van der Waals surface area contributed by atoms with Crippen molar-refractivity contribution in [1.82, 2.24) is 10.2 Å². The number of rotatable bonds is 5. The van der Waals surface area contributed by atoms with Gasteiger partial charge in [-0.05, 0) is 37.7 Å². The second kappa shape index (κ2) is 7.42. The first-order chi connectivity index (χ1) is 12.7. The zero-order chi connectivity index (χ0) is 18.0. The number of hydrogen-bond acceptors (Lipinski definition) is 2. The van der Waals surface area contributed by atoms with E-state index in [1.165, 1.54) is 24.8 Å². The summed E-state index contributed by atoms with van der Waals surface area (Å²) < 4.78 is 0. The number of nitrogens with one attached hydrogen (secondary N) is 1. The van der Waals surface area contributed by atoms with Gasteiger partial charge in [0.25, 0.3) is 0 Å². The molecule has 1 aliphatic heterocycles. The highest BCUT2D eigenvalue weighted by molar-refractivity contribution is 5.84. The number of nitrogens with zero attached hydrogens (tertiary/aromatic N) is 1. The second-order valence-electron chi connectivity index (χ2n) is 8.44. The van der Waals surface area contributed by atoms with Crippen LogP contribution < -0.4 is 5.32 Å². The van der Waals surface area contributed by atoms with Crippen molar-refractivity contribution in [3.63, 3.8) is 0 Å². The Balaban J connectivity index is 1.41. The van der Waals surface area contributed by atoms with Gasteiger partial charge in [0.15, 0.2) is 0 Å². The van der Waals surface area contributed by atoms with E-state index in [2.05, 4.69) is 35.6 Å². The third-order valence-electron chi connectivity index (χ3n) is 6.60. The van der Waals surface area contributed by atoms with Crippen LogP contribution in [0, 0.1) is 5.92 Å². The Morgan fingerprint density at radius 3 is 2.50 bits per heavy atom. The highest BCUT2D eigenvalue weighted by atomic mass is 16.2. The zero-order valence-corrected chi connectivity index (χ0v) is 15.6. The molecule has 140 valence electrons. The van der Waals surface area contributed by atoms with E-state index in [1.54, 1.807) is 0 Å². The van der Waals surface area contributed by atoms with Crippen LogP contribution in [0.1, 0.15) is 63.4 Å². The summed E-state index contributed by atoms with van der Waals surface area (Å²) >= 11 is 0. The number of amides is 2. The summed E-state index contributed by atoms with van der Waals surface area (Å²) in [6.07, 6.45) is 9.50. The molecule has 2 amide bonds. The third-order valence-corrected chi connectivity index (χ3v) is 6.60. The predicted molar refractivity (Wildman–Crippen MR) is 102 cm³/mol. The summed E-state index contributed by atoms with van der Waals surface area (Å²) in [5, 5.41) is 3.28. The molecule has 0 radical (unpaired) electrons. The van der Waals surface area contributed by atoms with Crippen LogP contribution >= 0.6 is 0 Å². The van der Waals surface area contributed by atoms with Crippen molar-refractivity contribution in [2.75, 3.05) is 13.1 Å². The van der Waals surface area contributed by atoms with E-state index in [-0.39, 0.29) is 23.1 Å².